The molecule has 0 radical (unpaired) electrons. The average molecular weight is 324 g/mol. The van der Waals surface area contributed by atoms with Crippen LogP contribution in [0, 0.1) is 0 Å². The maximum atomic E-state index is 4.56. The van der Waals surface area contributed by atoms with Crippen LogP contribution in [0.5, 0.6) is 0 Å². The molecule has 0 aliphatic rings. The van der Waals surface area contributed by atoms with Gasteiger partial charge in [0.15, 0.2) is 11.8 Å². The molecule has 2 N–H and O–H groups in total. The standard InChI is InChI=1S/C16H20N8/c1-17-16(19-11-15-21-20-12-23(15)2)18-10-13-8-9-24(22-13)14-6-4-3-5-7-14/h3-9,12H,10-11H2,1-2H3,(H2,17,18,19). The van der Waals surface area contributed by atoms with Gasteiger partial charge in [-0.05, 0) is 18.2 Å². The Bertz CT molecular complexity index is 802. The summed E-state index contributed by atoms with van der Waals surface area (Å²) >= 11 is 0. The summed E-state index contributed by atoms with van der Waals surface area (Å²) < 4.78 is 3.72. The average Bonchev–Trinajstić information content (AvgIpc) is 3.25. The van der Waals surface area contributed by atoms with Gasteiger partial charge in [0.05, 0.1) is 24.5 Å². The van der Waals surface area contributed by atoms with Gasteiger partial charge in [-0.15, -0.1) is 10.2 Å². The van der Waals surface area contributed by atoms with Crippen LogP contribution in [0.4, 0.5) is 0 Å². The Kier molecular flexibility index (Phi) is 4.85. The molecule has 3 aromatic rings. The molecule has 124 valence electrons. The molecule has 24 heavy (non-hydrogen) atoms. The van der Waals surface area contributed by atoms with Crippen molar-refractivity contribution in [1.82, 2.24) is 35.2 Å². The number of aliphatic imine (C=N–C) groups is 1. The van der Waals surface area contributed by atoms with E-state index in [1.807, 2.05) is 58.9 Å². The first-order valence-electron chi connectivity index (χ1n) is 7.63. The number of hydrogen-bond acceptors (Lipinski definition) is 4. The molecule has 2 heterocycles. The molecule has 0 unspecified atom stereocenters. The van der Waals surface area contributed by atoms with E-state index in [4.69, 9.17) is 0 Å². The van der Waals surface area contributed by atoms with Crippen LogP contribution in [0.25, 0.3) is 5.69 Å². The maximum absolute atomic E-state index is 4.56. The zero-order valence-corrected chi connectivity index (χ0v) is 13.7. The second-order valence-electron chi connectivity index (χ2n) is 5.22. The van der Waals surface area contributed by atoms with E-state index in [0.717, 1.165) is 17.2 Å². The van der Waals surface area contributed by atoms with Crippen molar-refractivity contribution in [1.29, 1.82) is 0 Å². The first-order chi connectivity index (χ1) is 11.8. The molecule has 2 aromatic heterocycles. The fraction of sp³-hybridized carbons (Fsp3) is 0.250. The molecule has 0 bridgehead atoms. The van der Waals surface area contributed by atoms with Crippen LogP contribution in [0.15, 0.2) is 53.9 Å². The van der Waals surface area contributed by atoms with Crippen LogP contribution in [0.3, 0.4) is 0 Å². The normalized spacial score (nSPS) is 11.5. The lowest BCUT2D eigenvalue weighted by Crippen LogP contribution is -2.37. The number of para-hydroxylation sites is 1. The minimum absolute atomic E-state index is 0.550. The number of aryl methyl sites for hydroxylation is 1. The fourth-order valence-electron chi connectivity index (χ4n) is 2.21. The maximum Gasteiger partial charge on any atom is 0.191 e. The lowest BCUT2D eigenvalue weighted by Gasteiger charge is -2.10. The highest BCUT2D eigenvalue weighted by Gasteiger charge is 2.05. The highest BCUT2D eigenvalue weighted by Crippen LogP contribution is 2.06. The SMILES string of the molecule is CN=C(NCc1ccn(-c2ccccc2)n1)NCc1nncn1C. The quantitative estimate of drug-likeness (QED) is 0.537. The van der Waals surface area contributed by atoms with Crippen LogP contribution >= 0.6 is 0 Å². The Morgan fingerprint density at radius 2 is 1.92 bits per heavy atom. The summed E-state index contributed by atoms with van der Waals surface area (Å²) in [5, 5.41) is 18.9. The zero-order chi connectivity index (χ0) is 16.8. The molecule has 8 heteroatoms. The van der Waals surface area contributed by atoms with E-state index in [-0.39, 0.29) is 0 Å². The van der Waals surface area contributed by atoms with Gasteiger partial charge in [-0.2, -0.15) is 5.10 Å². The largest absolute Gasteiger partial charge is 0.351 e. The number of nitrogens with one attached hydrogen (secondary N) is 2. The third-order valence-corrected chi connectivity index (χ3v) is 3.54. The lowest BCUT2D eigenvalue weighted by molar-refractivity contribution is 0.718. The first-order valence-corrected chi connectivity index (χ1v) is 7.63. The van der Waals surface area contributed by atoms with Crippen molar-refractivity contribution in [2.24, 2.45) is 12.0 Å². The number of aromatic nitrogens is 5. The number of guanidine groups is 1. The van der Waals surface area contributed by atoms with E-state index >= 15 is 0 Å². The van der Waals surface area contributed by atoms with E-state index in [1.165, 1.54) is 0 Å². The van der Waals surface area contributed by atoms with Gasteiger partial charge in [0.1, 0.15) is 6.33 Å². The van der Waals surface area contributed by atoms with Gasteiger partial charge in [-0.1, -0.05) is 18.2 Å². The van der Waals surface area contributed by atoms with Crippen molar-refractivity contribution in [2.45, 2.75) is 13.1 Å². The zero-order valence-electron chi connectivity index (χ0n) is 13.7. The van der Waals surface area contributed by atoms with Crippen molar-refractivity contribution in [3.63, 3.8) is 0 Å². The highest BCUT2D eigenvalue weighted by atomic mass is 15.3. The van der Waals surface area contributed by atoms with Gasteiger partial charge in [0.25, 0.3) is 0 Å². The molecule has 0 spiro atoms. The topological polar surface area (TPSA) is 84.9 Å². The molecule has 0 atom stereocenters. The summed E-state index contributed by atoms with van der Waals surface area (Å²) in [5.74, 6) is 1.53. The Morgan fingerprint density at radius 1 is 1.12 bits per heavy atom. The van der Waals surface area contributed by atoms with E-state index in [1.54, 1.807) is 13.4 Å². The molecular weight excluding hydrogens is 304 g/mol. The van der Waals surface area contributed by atoms with Crippen molar-refractivity contribution in [3.05, 3.63) is 60.4 Å². The number of hydrogen-bond donors (Lipinski definition) is 2. The van der Waals surface area contributed by atoms with Crippen molar-refractivity contribution in [2.75, 3.05) is 7.05 Å². The van der Waals surface area contributed by atoms with Crippen molar-refractivity contribution in [3.8, 4) is 5.69 Å². The van der Waals surface area contributed by atoms with Crippen LogP contribution < -0.4 is 10.6 Å². The van der Waals surface area contributed by atoms with Gasteiger partial charge in [-0.3, -0.25) is 4.99 Å². The van der Waals surface area contributed by atoms with Crippen molar-refractivity contribution < 1.29 is 0 Å². The Hall–Kier alpha value is -3.16. The molecule has 1 aromatic carbocycles. The summed E-state index contributed by atoms with van der Waals surface area (Å²) in [6.45, 7) is 1.13. The molecule has 3 rings (SSSR count). The minimum Gasteiger partial charge on any atom is -0.351 e. The summed E-state index contributed by atoms with van der Waals surface area (Å²) in [6, 6.07) is 12.0. The summed E-state index contributed by atoms with van der Waals surface area (Å²) in [7, 11) is 3.64. The second-order valence-corrected chi connectivity index (χ2v) is 5.22. The lowest BCUT2D eigenvalue weighted by atomic mass is 10.3. The molecular formula is C16H20N8. The van der Waals surface area contributed by atoms with Gasteiger partial charge in [0, 0.05) is 20.3 Å². The smallest absolute Gasteiger partial charge is 0.191 e. The summed E-state index contributed by atoms with van der Waals surface area (Å²) in [6.07, 6.45) is 3.62. The van der Waals surface area contributed by atoms with Gasteiger partial charge in [-0.25, -0.2) is 4.68 Å². The molecule has 0 fully saturated rings. The van der Waals surface area contributed by atoms with Crippen LogP contribution in [-0.2, 0) is 20.1 Å². The van der Waals surface area contributed by atoms with E-state index < -0.39 is 0 Å². The van der Waals surface area contributed by atoms with Crippen LogP contribution in [0.2, 0.25) is 0 Å². The molecule has 0 aliphatic carbocycles. The predicted octanol–water partition coefficient (Wildman–Crippen LogP) is 0.866. The van der Waals surface area contributed by atoms with Crippen LogP contribution in [0.1, 0.15) is 11.5 Å². The van der Waals surface area contributed by atoms with E-state index in [2.05, 4.69) is 30.9 Å². The molecule has 0 aliphatic heterocycles. The predicted molar refractivity (Wildman–Crippen MR) is 91.6 cm³/mol. The Labute approximate surface area is 140 Å². The molecule has 0 saturated carbocycles. The van der Waals surface area contributed by atoms with Crippen LogP contribution in [-0.4, -0.2) is 37.6 Å². The third kappa shape index (κ3) is 3.78. The number of rotatable bonds is 5. The van der Waals surface area contributed by atoms with Gasteiger partial charge < -0.3 is 15.2 Å². The molecule has 0 saturated heterocycles. The Morgan fingerprint density at radius 3 is 2.62 bits per heavy atom. The molecule has 8 nitrogen and oxygen atoms in total. The highest BCUT2D eigenvalue weighted by molar-refractivity contribution is 5.79. The monoisotopic (exact) mass is 324 g/mol. The number of benzene rings is 1. The summed E-state index contributed by atoms with van der Waals surface area (Å²) in [4.78, 5) is 4.20. The molecule has 0 amide bonds. The third-order valence-electron chi connectivity index (χ3n) is 3.54. The number of nitrogens with zero attached hydrogens (tertiary/aromatic N) is 6. The summed E-state index contributed by atoms with van der Waals surface area (Å²) in [5.41, 5.74) is 1.97. The minimum atomic E-state index is 0.550. The van der Waals surface area contributed by atoms with E-state index in [0.29, 0.717) is 19.0 Å². The van der Waals surface area contributed by atoms with E-state index in [9.17, 15) is 0 Å². The second kappa shape index (κ2) is 7.40. The van der Waals surface area contributed by atoms with Gasteiger partial charge >= 0.3 is 0 Å². The first kappa shape index (κ1) is 15.7. The fourth-order valence-corrected chi connectivity index (χ4v) is 2.21. The van der Waals surface area contributed by atoms with Gasteiger partial charge in [0.2, 0.25) is 0 Å². The Balaban J connectivity index is 1.54. The van der Waals surface area contributed by atoms with Crippen molar-refractivity contribution >= 4 is 5.96 Å².